The third-order valence-electron chi connectivity index (χ3n) is 7.50. The Morgan fingerprint density at radius 1 is 0.590 bits per heavy atom. The maximum Gasteiger partial charge on any atom is 0.416 e. The quantitative estimate of drug-likeness (QED) is 0.231. The third-order valence-corrected chi connectivity index (χ3v) is 7.50. The van der Waals surface area contributed by atoms with Crippen molar-refractivity contribution in [2.75, 3.05) is 0 Å². The number of fused-ring (bicyclic) bond motifs is 9. The molecule has 0 aliphatic carbocycles. The largest absolute Gasteiger partial charge is 0.416 e. The van der Waals surface area contributed by atoms with Crippen LogP contribution >= 0.6 is 0 Å². The lowest BCUT2D eigenvalue weighted by Crippen LogP contribution is -2.04. The van der Waals surface area contributed by atoms with E-state index >= 15 is 0 Å². The Balaban J connectivity index is 1.65. The minimum absolute atomic E-state index is 0.303. The standard InChI is InChI=1S/C32H19F3N4/c1-18-12-14-24-22(16-18)36-30-26-27(28(38(24)30)19-8-4-2-5-9-19)31-37-23-17-21(32(33,34)35)13-15-25(23)39(31)29(26)20-10-6-3-7-11-20/h2-17H,1H3. The number of alkyl halides is 3. The van der Waals surface area contributed by atoms with E-state index < -0.39 is 11.7 Å². The Bertz CT molecular complexity index is 2210. The molecule has 0 bridgehead atoms. The summed E-state index contributed by atoms with van der Waals surface area (Å²) in [5.74, 6) is 0. The number of aromatic nitrogens is 4. The highest BCUT2D eigenvalue weighted by Gasteiger charge is 2.32. The van der Waals surface area contributed by atoms with Gasteiger partial charge in [-0.15, -0.1) is 0 Å². The van der Waals surface area contributed by atoms with Crippen molar-refractivity contribution in [3.8, 4) is 22.5 Å². The lowest BCUT2D eigenvalue weighted by atomic mass is 10.1. The summed E-state index contributed by atoms with van der Waals surface area (Å²) in [5.41, 5.74) is 8.31. The number of hydrogen-bond donors (Lipinski definition) is 0. The van der Waals surface area contributed by atoms with Gasteiger partial charge in [0.05, 0.1) is 49.8 Å². The van der Waals surface area contributed by atoms with E-state index in [0.29, 0.717) is 16.7 Å². The van der Waals surface area contributed by atoms with Crippen LogP contribution in [0.15, 0.2) is 97.1 Å². The Morgan fingerprint density at radius 2 is 1.08 bits per heavy atom. The minimum Gasteiger partial charge on any atom is -0.291 e. The van der Waals surface area contributed by atoms with Gasteiger partial charge in [0.15, 0.2) is 0 Å². The summed E-state index contributed by atoms with van der Waals surface area (Å²) in [6.45, 7) is 2.05. The second-order valence-corrected chi connectivity index (χ2v) is 9.91. The van der Waals surface area contributed by atoms with Crippen molar-refractivity contribution in [2.45, 2.75) is 13.1 Å². The smallest absolute Gasteiger partial charge is 0.291 e. The van der Waals surface area contributed by atoms with Crippen molar-refractivity contribution < 1.29 is 13.2 Å². The topological polar surface area (TPSA) is 34.6 Å². The maximum atomic E-state index is 13.6. The molecule has 0 saturated carbocycles. The van der Waals surface area contributed by atoms with Crippen LogP contribution in [-0.2, 0) is 6.18 Å². The third kappa shape index (κ3) is 3.01. The van der Waals surface area contributed by atoms with E-state index in [1.807, 2.05) is 72.0 Å². The molecule has 188 valence electrons. The summed E-state index contributed by atoms with van der Waals surface area (Å²) < 4.78 is 45.0. The van der Waals surface area contributed by atoms with Crippen LogP contribution in [0.5, 0.6) is 0 Å². The summed E-state index contributed by atoms with van der Waals surface area (Å²) >= 11 is 0. The van der Waals surface area contributed by atoms with Gasteiger partial charge in [0.25, 0.3) is 0 Å². The maximum absolute atomic E-state index is 13.6. The molecule has 8 rings (SSSR count). The van der Waals surface area contributed by atoms with Crippen LogP contribution < -0.4 is 0 Å². The van der Waals surface area contributed by atoms with Crippen LogP contribution in [0.4, 0.5) is 13.2 Å². The number of imidazole rings is 2. The second kappa shape index (κ2) is 7.57. The summed E-state index contributed by atoms with van der Waals surface area (Å²) in [4.78, 5) is 9.95. The molecule has 0 spiro atoms. The first-order chi connectivity index (χ1) is 18.9. The highest BCUT2D eigenvalue weighted by Crippen LogP contribution is 2.46. The molecule has 0 atom stereocenters. The number of nitrogens with zero attached hydrogens (tertiary/aromatic N) is 4. The molecule has 39 heavy (non-hydrogen) atoms. The molecule has 4 nitrogen and oxygen atoms in total. The van der Waals surface area contributed by atoms with Crippen LogP contribution in [0.25, 0.3) is 66.6 Å². The van der Waals surface area contributed by atoms with Gasteiger partial charge >= 0.3 is 6.18 Å². The lowest BCUT2D eigenvalue weighted by Gasteiger charge is -2.07. The molecule has 0 N–H and O–H groups in total. The molecular formula is C32H19F3N4. The van der Waals surface area contributed by atoms with Gasteiger partial charge < -0.3 is 0 Å². The SMILES string of the molecule is Cc1ccc2c(c1)nc1c3c(-c4ccccc4)n4c5ccc(C(F)(F)F)cc5nc4c3c(-c3ccccc3)n21. The number of benzene rings is 4. The Labute approximate surface area is 219 Å². The van der Waals surface area contributed by atoms with E-state index in [9.17, 15) is 13.2 Å². The van der Waals surface area contributed by atoms with Crippen molar-refractivity contribution in [3.63, 3.8) is 0 Å². The van der Waals surface area contributed by atoms with Crippen LogP contribution in [0.2, 0.25) is 0 Å². The molecule has 4 aromatic carbocycles. The monoisotopic (exact) mass is 516 g/mol. The zero-order chi connectivity index (χ0) is 26.5. The van der Waals surface area contributed by atoms with Crippen LogP contribution in [-0.4, -0.2) is 18.8 Å². The fourth-order valence-electron chi connectivity index (χ4n) is 5.87. The molecule has 8 aromatic rings. The number of hydrogen-bond acceptors (Lipinski definition) is 2. The van der Waals surface area contributed by atoms with Crippen LogP contribution in [0.1, 0.15) is 11.1 Å². The van der Waals surface area contributed by atoms with Crippen molar-refractivity contribution in [1.82, 2.24) is 18.8 Å². The summed E-state index contributed by atoms with van der Waals surface area (Å²) in [5, 5.41) is 1.80. The molecule has 4 heterocycles. The molecule has 0 amide bonds. The Hall–Kier alpha value is -4.91. The van der Waals surface area contributed by atoms with Gasteiger partial charge in [-0.05, 0) is 53.9 Å². The molecule has 7 heteroatoms. The van der Waals surface area contributed by atoms with Crippen LogP contribution in [0, 0.1) is 6.92 Å². The van der Waals surface area contributed by atoms with Crippen molar-refractivity contribution in [3.05, 3.63) is 108 Å². The second-order valence-electron chi connectivity index (χ2n) is 9.91. The van der Waals surface area contributed by atoms with Gasteiger partial charge in [0.2, 0.25) is 0 Å². The summed E-state index contributed by atoms with van der Waals surface area (Å²) in [7, 11) is 0. The van der Waals surface area contributed by atoms with Gasteiger partial charge in [0.1, 0.15) is 11.3 Å². The Morgan fingerprint density at radius 3 is 1.59 bits per heavy atom. The van der Waals surface area contributed by atoms with Gasteiger partial charge in [-0.1, -0.05) is 66.7 Å². The van der Waals surface area contributed by atoms with Crippen LogP contribution in [0.3, 0.4) is 0 Å². The van der Waals surface area contributed by atoms with Gasteiger partial charge in [-0.2, -0.15) is 13.2 Å². The molecule has 0 aliphatic heterocycles. The average molecular weight is 517 g/mol. The number of aryl methyl sites for hydroxylation is 1. The molecule has 0 saturated heterocycles. The normalized spacial score (nSPS) is 12.6. The van der Waals surface area contributed by atoms with E-state index in [-0.39, 0.29) is 0 Å². The fraction of sp³-hybridized carbons (Fsp3) is 0.0625. The zero-order valence-electron chi connectivity index (χ0n) is 20.7. The van der Waals surface area contributed by atoms with E-state index in [2.05, 4.69) is 22.6 Å². The van der Waals surface area contributed by atoms with E-state index in [1.54, 1.807) is 0 Å². The molecule has 0 unspecified atom stereocenters. The van der Waals surface area contributed by atoms with Crippen molar-refractivity contribution in [2.24, 2.45) is 0 Å². The average Bonchev–Trinajstić information content (AvgIpc) is 3.64. The van der Waals surface area contributed by atoms with Crippen molar-refractivity contribution >= 4 is 44.1 Å². The highest BCUT2D eigenvalue weighted by molar-refractivity contribution is 6.22. The van der Waals surface area contributed by atoms with Gasteiger partial charge in [0, 0.05) is 0 Å². The zero-order valence-corrected chi connectivity index (χ0v) is 20.7. The molecule has 0 radical (unpaired) electrons. The predicted octanol–water partition coefficient (Wildman–Crippen LogP) is 8.54. The van der Waals surface area contributed by atoms with Crippen molar-refractivity contribution in [1.29, 1.82) is 0 Å². The summed E-state index contributed by atoms with van der Waals surface area (Å²) in [6.07, 6.45) is -4.45. The Kier molecular flexibility index (Phi) is 4.29. The first-order valence-electron chi connectivity index (χ1n) is 12.6. The predicted molar refractivity (Wildman–Crippen MR) is 148 cm³/mol. The molecular weight excluding hydrogens is 497 g/mol. The lowest BCUT2D eigenvalue weighted by molar-refractivity contribution is -0.137. The minimum atomic E-state index is -4.45. The van der Waals surface area contributed by atoms with E-state index in [4.69, 9.17) is 9.97 Å². The first-order valence-corrected chi connectivity index (χ1v) is 12.6. The molecule has 0 aliphatic rings. The number of halogens is 3. The van der Waals surface area contributed by atoms with E-state index in [1.165, 1.54) is 6.07 Å². The first kappa shape index (κ1) is 22.1. The molecule has 4 aromatic heterocycles. The van der Waals surface area contributed by atoms with Gasteiger partial charge in [-0.3, -0.25) is 8.80 Å². The number of rotatable bonds is 2. The fourth-order valence-corrected chi connectivity index (χ4v) is 5.87. The molecule has 0 fully saturated rings. The highest BCUT2D eigenvalue weighted by atomic mass is 19.4. The summed E-state index contributed by atoms with van der Waals surface area (Å²) in [6, 6.07) is 29.9. The van der Waals surface area contributed by atoms with E-state index in [0.717, 1.165) is 67.7 Å². The van der Waals surface area contributed by atoms with Gasteiger partial charge in [-0.25, -0.2) is 9.97 Å².